The monoisotopic (exact) mass is 1240 g/mol. The summed E-state index contributed by atoms with van der Waals surface area (Å²) in [6.45, 7) is 0. The van der Waals surface area contributed by atoms with Crippen LogP contribution in [0.3, 0.4) is 0 Å². The van der Waals surface area contributed by atoms with Crippen LogP contribution in [0.1, 0.15) is 0 Å². The number of aromatic nitrogens is 6. The van der Waals surface area contributed by atoms with Crippen LogP contribution >= 0.6 is 22.7 Å². The second kappa shape index (κ2) is 23.0. The van der Waals surface area contributed by atoms with Crippen molar-refractivity contribution in [3.63, 3.8) is 0 Å². The lowest BCUT2D eigenvalue weighted by Crippen LogP contribution is -2.00. The van der Waals surface area contributed by atoms with Gasteiger partial charge in [-0.2, -0.15) is 0 Å². The van der Waals surface area contributed by atoms with Crippen molar-refractivity contribution in [2.24, 2.45) is 0 Å². The highest BCUT2D eigenvalue weighted by molar-refractivity contribution is 7.27. The van der Waals surface area contributed by atoms with E-state index in [1.165, 1.54) is 67.8 Å². The molecule has 19 aromatic rings. The maximum atomic E-state index is 6.36. The molecule has 13 aromatic carbocycles. The normalized spacial score (nSPS) is 11.6. The minimum atomic E-state index is 0.648. The Morgan fingerprint density at radius 3 is 0.957 bits per heavy atom. The first-order valence-corrected chi connectivity index (χ1v) is 32.8. The third-order valence-corrected chi connectivity index (χ3v) is 19.9. The summed E-state index contributed by atoms with van der Waals surface area (Å²) in [5.41, 5.74) is 16.5. The van der Waals surface area contributed by atoms with Crippen molar-refractivity contribution in [3.8, 4) is 102 Å². The molecule has 0 saturated carbocycles. The Kier molecular flexibility index (Phi) is 13.4. The van der Waals surface area contributed by atoms with E-state index in [-0.39, 0.29) is 0 Å². The molecule has 0 aliphatic carbocycles. The molecule has 0 aliphatic rings. The summed E-state index contributed by atoms with van der Waals surface area (Å²) in [6.07, 6.45) is 0. The van der Waals surface area contributed by atoms with Gasteiger partial charge in [-0.3, -0.25) is 0 Å². The summed E-state index contributed by atoms with van der Waals surface area (Å²) in [6, 6.07) is 105. The lowest BCUT2D eigenvalue weighted by Gasteiger charge is -2.10. The number of fused-ring (bicyclic) bond motifs is 14. The molecule has 0 saturated heterocycles. The average molecular weight is 1240 g/mol. The Bertz CT molecular complexity index is 5970. The number of nitrogens with zero attached hydrogens (tertiary/aromatic N) is 6. The minimum Gasteiger partial charge on any atom is -0.455 e. The number of hydrogen-bond donors (Lipinski definition) is 0. The average Bonchev–Trinajstić information content (AvgIpc) is 1.58. The predicted octanol–water partition coefficient (Wildman–Crippen LogP) is 23.3. The Balaban J connectivity index is 0.000000139. The van der Waals surface area contributed by atoms with Crippen LogP contribution in [-0.2, 0) is 0 Å². The highest BCUT2D eigenvalue weighted by Gasteiger charge is 2.19. The second-order valence-corrected chi connectivity index (χ2v) is 25.4. The Labute approximate surface area is 547 Å². The molecule has 0 unspecified atom stereocenters. The van der Waals surface area contributed by atoms with Crippen molar-refractivity contribution in [2.45, 2.75) is 0 Å². The first kappa shape index (κ1) is 54.8. The molecule has 0 N–H and O–H groups in total. The Morgan fingerprint density at radius 2 is 0.500 bits per heavy atom. The number of thiophene rings is 2. The van der Waals surface area contributed by atoms with Crippen molar-refractivity contribution in [3.05, 3.63) is 303 Å². The van der Waals surface area contributed by atoms with Crippen LogP contribution in [0.4, 0.5) is 0 Å². The molecule has 0 aliphatic heterocycles. The van der Waals surface area contributed by atoms with Gasteiger partial charge in [0.1, 0.15) is 11.2 Å². The van der Waals surface area contributed by atoms with Gasteiger partial charge >= 0.3 is 0 Å². The van der Waals surface area contributed by atoms with Crippen LogP contribution in [0.15, 0.2) is 312 Å². The summed E-state index contributed by atoms with van der Waals surface area (Å²) in [5, 5.41) is 9.62. The Morgan fingerprint density at radius 1 is 0.191 bits per heavy atom. The third-order valence-electron chi connectivity index (χ3n) is 17.5. The van der Waals surface area contributed by atoms with E-state index in [0.29, 0.717) is 34.9 Å². The molecular weight excluding hydrogens is 1190 g/mol. The van der Waals surface area contributed by atoms with Gasteiger partial charge in [-0.05, 0) is 81.9 Å². The lowest BCUT2D eigenvalue weighted by atomic mass is 9.97. The molecule has 0 fully saturated rings. The van der Waals surface area contributed by atoms with Crippen molar-refractivity contribution in [1.29, 1.82) is 0 Å². The zero-order valence-corrected chi connectivity index (χ0v) is 51.8. The molecule has 6 heterocycles. The van der Waals surface area contributed by atoms with E-state index in [1.54, 1.807) is 22.7 Å². The number of benzene rings is 13. The molecule has 6 aromatic heterocycles. The SMILES string of the molecule is c1ccc(-c2nc(-c3ccccc3)nc(-c3ccc(-c4ccc5sc6c(ccc7c8ccccc8oc76)c5c4)cc3)n2)cc1.c1ccc(-c2nc(-c3ccccc3)nc(-c3ccc(-c4cccc(-c5ccc6c(c5)sc5c6ccc6c7ccccc7oc65)c4)cc3)n2)cc1. The van der Waals surface area contributed by atoms with Gasteiger partial charge in [0, 0.05) is 85.9 Å². The topological polar surface area (TPSA) is 104 Å². The standard InChI is InChI=1S/C45H27N3OS.C39H23N3OS/c1-3-10-29(11-4-1)43-46-44(30-12-5-2-6-13-30)48-45(47-43)31-20-18-28(19-21-31)32-14-9-15-33(26-32)34-22-23-36-38-25-24-37-35-16-7-8-17-39(35)49-41(37)42(38)50-40(36)27-34;1-3-9-25(10-4-1)37-40-38(26-11-5-2-6-12-26)42-39(41-37)27-17-15-24(16-18-27)28-19-22-34-32(23-28)31-21-20-30-29-13-7-8-14-33(29)43-35(30)36(31)44-34/h1-27H;1-23H. The summed E-state index contributed by atoms with van der Waals surface area (Å²) in [7, 11) is 0. The molecule has 10 heteroatoms. The van der Waals surface area contributed by atoms with E-state index in [0.717, 1.165) is 83.2 Å². The fourth-order valence-corrected chi connectivity index (χ4v) is 15.2. The first-order valence-electron chi connectivity index (χ1n) is 31.1. The van der Waals surface area contributed by atoms with Gasteiger partial charge in [0.05, 0.1) is 9.40 Å². The van der Waals surface area contributed by atoms with Crippen molar-refractivity contribution in [1.82, 2.24) is 29.9 Å². The first-order chi connectivity index (χ1) is 46.5. The summed E-state index contributed by atoms with van der Waals surface area (Å²) < 4.78 is 17.6. The Hall–Kier alpha value is -12.1. The quantitative estimate of drug-likeness (QED) is 0.141. The molecule has 0 radical (unpaired) electrons. The second-order valence-electron chi connectivity index (χ2n) is 23.3. The predicted molar refractivity (Wildman–Crippen MR) is 389 cm³/mol. The third kappa shape index (κ3) is 9.93. The van der Waals surface area contributed by atoms with Crippen molar-refractivity contribution < 1.29 is 8.83 Å². The fraction of sp³-hybridized carbons (Fsp3) is 0. The van der Waals surface area contributed by atoms with Crippen LogP contribution in [0.2, 0.25) is 0 Å². The number of hydrogen-bond acceptors (Lipinski definition) is 10. The van der Waals surface area contributed by atoms with Gasteiger partial charge in [-0.1, -0.05) is 255 Å². The molecule has 8 nitrogen and oxygen atoms in total. The van der Waals surface area contributed by atoms with Crippen molar-refractivity contribution >= 4 is 107 Å². The fourth-order valence-electron chi connectivity index (χ4n) is 12.8. The summed E-state index contributed by atoms with van der Waals surface area (Å²) >= 11 is 3.60. The molecule has 0 amide bonds. The van der Waals surface area contributed by atoms with Crippen LogP contribution < -0.4 is 0 Å². The van der Waals surface area contributed by atoms with Crippen LogP contribution in [0.25, 0.3) is 186 Å². The van der Waals surface area contributed by atoms with Gasteiger partial charge in [0.2, 0.25) is 0 Å². The number of furan rings is 2. The molecular formula is C84H50N6O2S2. The minimum absolute atomic E-state index is 0.648. The van der Waals surface area contributed by atoms with Crippen molar-refractivity contribution in [2.75, 3.05) is 0 Å². The number of rotatable bonds is 9. The lowest BCUT2D eigenvalue weighted by molar-refractivity contribution is 0.673. The molecule has 0 spiro atoms. The van der Waals surface area contributed by atoms with E-state index in [4.69, 9.17) is 38.7 Å². The van der Waals surface area contributed by atoms with Crippen LogP contribution in [0.5, 0.6) is 0 Å². The van der Waals surface area contributed by atoms with Gasteiger partial charge in [-0.15, -0.1) is 22.7 Å². The van der Waals surface area contributed by atoms with E-state index in [2.05, 4.69) is 158 Å². The van der Waals surface area contributed by atoms with Crippen LogP contribution in [0, 0.1) is 0 Å². The molecule has 0 atom stereocenters. The number of para-hydroxylation sites is 2. The molecule has 94 heavy (non-hydrogen) atoms. The van der Waals surface area contributed by atoms with Gasteiger partial charge in [0.25, 0.3) is 0 Å². The van der Waals surface area contributed by atoms with E-state index in [9.17, 15) is 0 Å². The molecule has 440 valence electrons. The van der Waals surface area contributed by atoms with Crippen LogP contribution in [-0.4, -0.2) is 29.9 Å². The summed E-state index contributed by atoms with van der Waals surface area (Å²) in [5.74, 6) is 3.93. The van der Waals surface area contributed by atoms with E-state index in [1.807, 2.05) is 146 Å². The van der Waals surface area contributed by atoms with Gasteiger partial charge < -0.3 is 8.83 Å². The molecule has 19 rings (SSSR count). The molecule has 0 bridgehead atoms. The van der Waals surface area contributed by atoms with E-state index < -0.39 is 0 Å². The van der Waals surface area contributed by atoms with E-state index >= 15 is 0 Å². The zero-order chi connectivity index (χ0) is 62.1. The largest absolute Gasteiger partial charge is 0.455 e. The van der Waals surface area contributed by atoms with Gasteiger partial charge in [-0.25, -0.2) is 29.9 Å². The van der Waals surface area contributed by atoms with Gasteiger partial charge in [0.15, 0.2) is 46.1 Å². The summed E-state index contributed by atoms with van der Waals surface area (Å²) in [4.78, 5) is 29.2. The highest BCUT2D eigenvalue weighted by Crippen LogP contribution is 2.45. The highest BCUT2D eigenvalue weighted by atomic mass is 32.1. The maximum absolute atomic E-state index is 6.36. The smallest absolute Gasteiger partial charge is 0.164 e. The zero-order valence-electron chi connectivity index (χ0n) is 50.2. The maximum Gasteiger partial charge on any atom is 0.164 e.